The predicted octanol–water partition coefficient (Wildman–Crippen LogP) is 1.68. The molecule has 22 heavy (non-hydrogen) atoms. The van der Waals surface area contributed by atoms with Gasteiger partial charge in [0.05, 0.1) is 13.2 Å². The molecule has 3 heterocycles. The molecule has 2 aromatic rings. The minimum Gasteiger partial charge on any atom is -0.491 e. The maximum absolute atomic E-state index is 12.6. The lowest BCUT2D eigenvalue weighted by Crippen LogP contribution is -2.36. The first-order valence-corrected chi connectivity index (χ1v) is 8.01. The number of likely N-dealkylation sites (tertiary alicyclic amines) is 1. The summed E-state index contributed by atoms with van der Waals surface area (Å²) in [6.45, 7) is 0.736. The summed E-state index contributed by atoms with van der Waals surface area (Å²) in [5, 5.41) is 2.88. The van der Waals surface area contributed by atoms with Crippen LogP contribution >= 0.6 is 11.3 Å². The topological polar surface area (TPSA) is 64.4 Å². The van der Waals surface area contributed by atoms with E-state index in [0.717, 1.165) is 17.8 Å². The minimum atomic E-state index is -0.289. The van der Waals surface area contributed by atoms with E-state index in [0.29, 0.717) is 6.54 Å². The lowest BCUT2D eigenvalue weighted by atomic mass is 10.2. The monoisotopic (exact) mass is 319 g/mol. The van der Waals surface area contributed by atoms with Crippen molar-refractivity contribution in [3.8, 4) is 5.75 Å². The average Bonchev–Trinajstić information content (AvgIpc) is 3.19. The molecule has 0 spiro atoms. The number of pyridine rings is 1. The lowest BCUT2D eigenvalue weighted by Gasteiger charge is -2.23. The summed E-state index contributed by atoms with van der Waals surface area (Å²) in [4.78, 5) is 30.8. The van der Waals surface area contributed by atoms with Crippen LogP contribution in [0.2, 0.25) is 0 Å². The number of aromatic nitrogens is 2. The molecule has 0 unspecified atom stereocenters. The highest BCUT2D eigenvalue weighted by molar-refractivity contribution is 7.09. The first-order chi connectivity index (χ1) is 10.7. The van der Waals surface area contributed by atoms with Gasteiger partial charge >= 0.3 is 0 Å². The number of carbonyl (C=O) groups is 1. The van der Waals surface area contributed by atoms with Crippen molar-refractivity contribution in [1.29, 1.82) is 0 Å². The van der Waals surface area contributed by atoms with E-state index >= 15 is 0 Å². The molecule has 1 atom stereocenters. The van der Waals surface area contributed by atoms with E-state index in [-0.39, 0.29) is 29.8 Å². The Morgan fingerprint density at radius 2 is 2.41 bits per heavy atom. The molecule has 2 aromatic heterocycles. The molecule has 0 aliphatic carbocycles. The van der Waals surface area contributed by atoms with E-state index in [9.17, 15) is 9.59 Å². The summed E-state index contributed by atoms with van der Waals surface area (Å²) in [6.07, 6.45) is 5.25. The molecule has 0 saturated carbocycles. The number of methoxy groups -OCH3 is 1. The van der Waals surface area contributed by atoms with Crippen LogP contribution in [0.5, 0.6) is 5.75 Å². The van der Waals surface area contributed by atoms with Gasteiger partial charge in [0.1, 0.15) is 11.6 Å². The molecular formula is C15H17N3O3S. The third-order valence-electron chi connectivity index (χ3n) is 3.82. The molecule has 116 valence electrons. The Kier molecular flexibility index (Phi) is 4.24. The maximum Gasteiger partial charge on any atom is 0.293 e. The number of thiazole rings is 1. The molecule has 1 aliphatic rings. The van der Waals surface area contributed by atoms with Crippen molar-refractivity contribution in [1.82, 2.24) is 14.5 Å². The summed E-state index contributed by atoms with van der Waals surface area (Å²) >= 11 is 1.56. The van der Waals surface area contributed by atoms with Gasteiger partial charge in [-0.1, -0.05) is 0 Å². The van der Waals surface area contributed by atoms with Gasteiger partial charge in [-0.2, -0.15) is 0 Å². The molecule has 7 heteroatoms. The second kappa shape index (κ2) is 6.31. The summed E-state index contributed by atoms with van der Waals surface area (Å²) in [5.41, 5.74) is -0.289. The second-order valence-corrected chi connectivity index (χ2v) is 6.05. The molecule has 1 aliphatic heterocycles. The van der Waals surface area contributed by atoms with Crippen molar-refractivity contribution in [3.05, 3.63) is 45.3 Å². The van der Waals surface area contributed by atoms with E-state index in [1.807, 2.05) is 10.3 Å². The zero-order chi connectivity index (χ0) is 15.5. The molecule has 1 saturated heterocycles. The maximum atomic E-state index is 12.6. The van der Waals surface area contributed by atoms with E-state index < -0.39 is 0 Å². The fourth-order valence-corrected chi connectivity index (χ4v) is 3.54. The van der Waals surface area contributed by atoms with E-state index in [1.165, 1.54) is 11.7 Å². The van der Waals surface area contributed by atoms with Gasteiger partial charge < -0.3 is 14.2 Å². The van der Waals surface area contributed by atoms with Gasteiger partial charge in [-0.25, -0.2) is 4.98 Å². The van der Waals surface area contributed by atoms with Gasteiger partial charge in [0.15, 0.2) is 5.75 Å². The normalized spacial score (nSPS) is 17.7. The number of nitrogens with zero attached hydrogens (tertiary/aromatic N) is 3. The number of hydrogen-bond donors (Lipinski definition) is 0. The summed E-state index contributed by atoms with van der Waals surface area (Å²) in [6, 6.07) is 3.33. The van der Waals surface area contributed by atoms with Crippen molar-refractivity contribution in [2.24, 2.45) is 0 Å². The number of hydrogen-bond acceptors (Lipinski definition) is 5. The zero-order valence-electron chi connectivity index (χ0n) is 12.3. The van der Waals surface area contributed by atoms with Crippen molar-refractivity contribution >= 4 is 17.2 Å². The van der Waals surface area contributed by atoms with Crippen LogP contribution in [0.1, 0.15) is 23.9 Å². The van der Waals surface area contributed by atoms with Gasteiger partial charge in [0, 0.05) is 24.3 Å². The number of rotatable bonds is 4. The van der Waals surface area contributed by atoms with E-state index in [4.69, 9.17) is 4.74 Å². The van der Waals surface area contributed by atoms with Gasteiger partial charge in [0.25, 0.3) is 5.56 Å². The summed E-state index contributed by atoms with van der Waals surface area (Å²) < 4.78 is 6.39. The summed E-state index contributed by atoms with van der Waals surface area (Å²) in [5.74, 6) is 0.182. The molecule has 0 radical (unpaired) electrons. The van der Waals surface area contributed by atoms with Crippen molar-refractivity contribution < 1.29 is 9.53 Å². The highest BCUT2D eigenvalue weighted by atomic mass is 32.1. The molecule has 6 nitrogen and oxygen atoms in total. The number of carbonyl (C=O) groups excluding carboxylic acids is 1. The fraction of sp³-hybridized carbons (Fsp3) is 0.400. The standard InChI is InChI=1S/C15H17N3O3S/c1-21-12-5-3-7-17(15(12)20)10-13(19)18-8-2-4-11(18)14-16-6-9-22-14/h3,5-7,9,11H,2,4,8,10H2,1H3/t11-/m1/s1. The summed E-state index contributed by atoms with van der Waals surface area (Å²) in [7, 11) is 1.45. The predicted molar refractivity (Wildman–Crippen MR) is 83.1 cm³/mol. The molecule has 0 bridgehead atoms. The highest BCUT2D eigenvalue weighted by Crippen LogP contribution is 2.33. The van der Waals surface area contributed by atoms with Crippen LogP contribution in [0.25, 0.3) is 0 Å². The second-order valence-electron chi connectivity index (χ2n) is 5.13. The SMILES string of the molecule is COc1cccn(CC(=O)N2CCC[C@@H]2c2nccs2)c1=O. The molecule has 1 amide bonds. The van der Waals surface area contributed by atoms with Crippen molar-refractivity contribution in [3.63, 3.8) is 0 Å². The quantitative estimate of drug-likeness (QED) is 0.860. The van der Waals surface area contributed by atoms with Crippen LogP contribution in [0, 0.1) is 0 Å². The van der Waals surface area contributed by atoms with E-state index in [1.54, 1.807) is 35.9 Å². The Morgan fingerprint density at radius 1 is 1.55 bits per heavy atom. The van der Waals surface area contributed by atoms with E-state index in [2.05, 4.69) is 4.98 Å². The molecular weight excluding hydrogens is 302 g/mol. The first-order valence-electron chi connectivity index (χ1n) is 7.13. The van der Waals surface area contributed by atoms with Gasteiger partial charge in [-0.05, 0) is 25.0 Å². The Balaban J connectivity index is 1.78. The molecule has 3 rings (SSSR count). The number of amides is 1. The Bertz CT molecular complexity index is 711. The largest absolute Gasteiger partial charge is 0.491 e. The lowest BCUT2D eigenvalue weighted by molar-refractivity contribution is -0.132. The Labute approximate surface area is 132 Å². The third-order valence-corrected chi connectivity index (χ3v) is 4.70. The highest BCUT2D eigenvalue weighted by Gasteiger charge is 2.31. The van der Waals surface area contributed by atoms with Crippen LogP contribution < -0.4 is 10.3 Å². The average molecular weight is 319 g/mol. The first kappa shape index (κ1) is 14.8. The van der Waals surface area contributed by atoms with Crippen LogP contribution in [-0.4, -0.2) is 34.0 Å². The van der Waals surface area contributed by atoms with Gasteiger partial charge in [-0.3, -0.25) is 9.59 Å². The minimum absolute atomic E-state index is 0.0257. The van der Waals surface area contributed by atoms with Crippen LogP contribution in [0.15, 0.2) is 34.7 Å². The Hall–Kier alpha value is -2.15. The van der Waals surface area contributed by atoms with Crippen molar-refractivity contribution in [2.75, 3.05) is 13.7 Å². The molecule has 0 N–H and O–H groups in total. The Morgan fingerprint density at radius 3 is 3.14 bits per heavy atom. The fourth-order valence-electron chi connectivity index (χ4n) is 2.75. The number of ether oxygens (including phenoxy) is 1. The van der Waals surface area contributed by atoms with Crippen LogP contribution in [0.3, 0.4) is 0 Å². The van der Waals surface area contributed by atoms with Crippen LogP contribution in [0.4, 0.5) is 0 Å². The van der Waals surface area contributed by atoms with Crippen molar-refractivity contribution in [2.45, 2.75) is 25.4 Å². The van der Waals surface area contributed by atoms with Gasteiger partial charge in [0.2, 0.25) is 5.91 Å². The third kappa shape index (κ3) is 2.76. The van der Waals surface area contributed by atoms with Gasteiger partial charge in [-0.15, -0.1) is 11.3 Å². The molecule has 1 fully saturated rings. The van der Waals surface area contributed by atoms with Crippen LogP contribution in [-0.2, 0) is 11.3 Å². The zero-order valence-corrected chi connectivity index (χ0v) is 13.1. The molecule has 0 aromatic carbocycles. The smallest absolute Gasteiger partial charge is 0.293 e.